The fourth-order valence-electron chi connectivity index (χ4n) is 3.73. The summed E-state index contributed by atoms with van der Waals surface area (Å²) in [5.41, 5.74) is 2.23. The number of aromatic nitrogens is 3. The monoisotopic (exact) mass is 405 g/mol. The zero-order valence-electron chi connectivity index (χ0n) is 16.9. The highest BCUT2D eigenvalue weighted by atomic mass is 19.1. The van der Waals surface area contributed by atoms with Gasteiger partial charge in [-0.25, -0.2) is 14.4 Å². The first-order valence-corrected chi connectivity index (χ1v) is 10.2. The number of halogens is 1. The Kier molecular flexibility index (Phi) is 5.97. The van der Waals surface area contributed by atoms with Crippen LogP contribution in [0.15, 0.2) is 54.9 Å². The largest absolute Gasteiger partial charge is 0.342 e. The summed E-state index contributed by atoms with van der Waals surface area (Å²) < 4.78 is 13.6. The second-order valence-corrected chi connectivity index (χ2v) is 7.41. The van der Waals surface area contributed by atoms with Crippen molar-refractivity contribution in [3.05, 3.63) is 66.5 Å². The van der Waals surface area contributed by atoms with Gasteiger partial charge in [0.2, 0.25) is 5.91 Å². The average Bonchev–Trinajstić information content (AvgIpc) is 2.79. The van der Waals surface area contributed by atoms with Gasteiger partial charge in [0.05, 0.1) is 5.69 Å². The fraction of sp³-hybridized carbons (Fsp3) is 0.304. The molecule has 4 rings (SSSR count). The van der Waals surface area contributed by atoms with E-state index in [9.17, 15) is 9.18 Å². The molecule has 1 N–H and O–H groups in total. The second kappa shape index (κ2) is 8.98. The molecule has 1 fully saturated rings. The van der Waals surface area contributed by atoms with Crippen LogP contribution in [0.1, 0.15) is 37.9 Å². The number of nitrogens with one attached hydrogen (secondary N) is 1. The van der Waals surface area contributed by atoms with Gasteiger partial charge in [-0.05, 0) is 43.2 Å². The van der Waals surface area contributed by atoms with Crippen molar-refractivity contribution >= 4 is 17.4 Å². The number of pyridine rings is 1. The molecule has 154 valence electrons. The number of carbonyl (C=O) groups excluding carboxylic acids is 1. The Morgan fingerprint density at radius 2 is 2.13 bits per heavy atom. The van der Waals surface area contributed by atoms with Crippen LogP contribution in [0.2, 0.25) is 0 Å². The van der Waals surface area contributed by atoms with E-state index in [1.54, 1.807) is 24.5 Å². The van der Waals surface area contributed by atoms with E-state index >= 15 is 0 Å². The van der Waals surface area contributed by atoms with Crippen LogP contribution < -0.4 is 5.32 Å². The van der Waals surface area contributed by atoms with E-state index < -0.39 is 0 Å². The number of carbonyl (C=O) groups is 1. The Morgan fingerprint density at radius 3 is 2.90 bits per heavy atom. The molecule has 1 aromatic carbocycles. The first-order valence-electron chi connectivity index (χ1n) is 10.2. The van der Waals surface area contributed by atoms with Crippen LogP contribution in [0, 0.1) is 5.82 Å². The van der Waals surface area contributed by atoms with E-state index in [1.165, 1.54) is 12.1 Å². The molecule has 0 spiro atoms. The molecule has 3 aromatic rings. The third-order valence-electron chi connectivity index (χ3n) is 5.24. The van der Waals surface area contributed by atoms with Gasteiger partial charge in [-0.1, -0.05) is 13.0 Å². The standard InChI is InChI=1S/C23H24FN5O/c1-2-22(30)29-11-5-7-17(15-29)23-27-20(16-6-4-10-25-14-16)13-21(28-23)26-19-9-3-8-18(24)12-19/h3-4,6,8-10,12-14,17H,2,5,7,11,15H2,1H3,(H,26,27,28). The third kappa shape index (κ3) is 4.62. The molecule has 0 bridgehead atoms. The summed E-state index contributed by atoms with van der Waals surface area (Å²) in [5.74, 6) is 1.16. The molecule has 2 aromatic heterocycles. The Balaban J connectivity index is 1.69. The molecule has 0 radical (unpaired) electrons. The number of likely N-dealkylation sites (tertiary alicyclic amines) is 1. The summed E-state index contributed by atoms with van der Waals surface area (Å²) in [6.45, 7) is 3.27. The van der Waals surface area contributed by atoms with Crippen molar-refractivity contribution in [1.82, 2.24) is 19.9 Å². The second-order valence-electron chi connectivity index (χ2n) is 7.41. The predicted molar refractivity (Wildman–Crippen MR) is 114 cm³/mol. The summed E-state index contributed by atoms with van der Waals surface area (Å²) in [4.78, 5) is 27.8. The maximum atomic E-state index is 13.6. The Hall–Kier alpha value is -3.35. The molecule has 7 heteroatoms. The van der Waals surface area contributed by atoms with Crippen molar-refractivity contribution in [1.29, 1.82) is 0 Å². The van der Waals surface area contributed by atoms with Crippen LogP contribution in [0.5, 0.6) is 0 Å². The van der Waals surface area contributed by atoms with E-state index in [1.807, 2.05) is 30.0 Å². The van der Waals surface area contributed by atoms with Gasteiger partial charge < -0.3 is 10.2 Å². The van der Waals surface area contributed by atoms with Gasteiger partial charge in [0, 0.05) is 55.1 Å². The van der Waals surface area contributed by atoms with Crippen molar-refractivity contribution < 1.29 is 9.18 Å². The molecule has 1 aliphatic rings. The van der Waals surface area contributed by atoms with Crippen molar-refractivity contribution in [3.63, 3.8) is 0 Å². The number of piperidine rings is 1. The van der Waals surface area contributed by atoms with Crippen LogP contribution in [0.4, 0.5) is 15.9 Å². The van der Waals surface area contributed by atoms with Gasteiger partial charge in [-0.3, -0.25) is 9.78 Å². The molecule has 1 aliphatic heterocycles. The van der Waals surface area contributed by atoms with Crippen molar-refractivity contribution in [2.45, 2.75) is 32.1 Å². The van der Waals surface area contributed by atoms with E-state index in [0.29, 0.717) is 30.3 Å². The molecular formula is C23H24FN5O. The number of hydrogen-bond donors (Lipinski definition) is 1. The normalized spacial score (nSPS) is 16.3. The van der Waals surface area contributed by atoms with Crippen LogP contribution >= 0.6 is 0 Å². The average molecular weight is 405 g/mol. The molecular weight excluding hydrogens is 381 g/mol. The first kappa shape index (κ1) is 19.9. The minimum Gasteiger partial charge on any atom is -0.342 e. The number of rotatable bonds is 5. The zero-order chi connectivity index (χ0) is 20.9. The Bertz CT molecular complexity index is 1030. The Labute approximate surface area is 175 Å². The van der Waals surface area contributed by atoms with Gasteiger partial charge in [0.1, 0.15) is 17.5 Å². The molecule has 1 unspecified atom stereocenters. The third-order valence-corrected chi connectivity index (χ3v) is 5.24. The van der Waals surface area contributed by atoms with Crippen molar-refractivity contribution in [2.75, 3.05) is 18.4 Å². The van der Waals surface area contributed by atoms with Crippen molar-refractivity contribution in [3.8, 4) is 11.3 Å². The lowest BCUT2D eigenvalue weighted by Crippen LogP contribution is -2.39. The van der Waals surface area contributed by atoms with Crippen LogP contribution in [-0.4, -0.2) is 38.8 Å². The van der Waals surface area contributed by atoms with Gasteiger partial charge in [0.25, 0.3) is 0 Å². The summed E-state index contributed by atoms with van der Waals surface area (Å²) >= 11 is 0. The van der Waals surface area contributed by atoms with Crippen molar-refractivity contribution in [2.24, 2.45) is 0 Å². The number of hydrogen-bond acceptors (Lipinski definition) is 5. The molecule has 1 saturated heterocycles. The number of anilines is 2. The lowest BCUT2D eigenvalue weighted by atomic mass is 9.96. The van der Waals surface area contributed by atoms with E-state index in [4.69, 9.17) is 9.97 Å². The summed E-state index contributed by atoms with van der Waals surface area (Å²) in [7, 11) is 0. The molecule has 0 aliphatic carbocycles. The van der Waals surface area contributed by atoms with Crippen LogP contribution in [0.25, 0.3) is 11.3 Å². The van der Waals surface area contributed by atoms with Gasteiger partial charge in [-0.2, -0.15) is 0 Å². The SMILES string of the molecule is CCC(=O)N1CCCC(c2nc(Nc3cccc(F)c3)cc(-c3cccnc3)n2)C1. The number of nitrogens with zero attached hydrogens (tertiary/aromatic N) is 4. The lowest BCUT2D eigenvalue weighted by molar-refractivity contribution is -0.132. The van der Waals surface area contributed by atoms with Gasteiger partial charge in [-0.15, -0.1) is 0 Å². The molecule has 30 heavy (non-hydrogen) atoms. The highest BCUT2D eigenvalue weighted by Gasteiger charge is 2.26. The summed E-state index contributed by atoms with van der Waals surface area (Å²) in [6, 6.07) is 11.9. The van der Waals surface area contributed by atoms with E-state index in [2.05, 4.69) is 10.3 Å². The predicted octanol–water partition coefficient (Wildman–Crippen LogP) is 4.54. The Morgan fingerprint density at radius 1 is 1.23 bits per heavy atom. The molecule has 3 heterocycles. The van der Waals surface area contributed by atoms with E-state index in [-0.39, 0.29) is 17.6 Å². The fourth-order valence-corrected chi connectivity index (χ4v) is 3.73. The minimum atomic E-state index is -0.317. The maximum Gasteiger partial charge on any atom is 0.222 e. The highest BCUT2D eigenvalue weighted by Crippen LogP contribution is 2.29. The smallest absolute Gasteiger partial charge is 0.222 e. The number of amides is 1. The lowest BCUT2D eigenvalue weighted by Gasteiger charge is -2.32. The molecule has 1 amide bonds. The molecule has 0 saturated carbocycles. The number of benzene rings is 1. The topological polar surface area (TPSA) is 71.0 Å². The molecule has 1 atom stereocenters. The first-order chi connectivity index (χ1) is 14.6. The van der Waals surface area contributed by atoms with Crippen LogP contribution in [-0.2, 0) is 4.79 Å². The molecule has 6 nitrogen and oxygen atoms in total. The summed E-state index contributed by atoms with van der Waals surface area (Å²) in [6.07, 6.45) is 5.81. The van der Waals surface area contributed by atoms with E-state index in [0.717, 1.165) is 30.6 Å². The van der Waals surface area contributed by atoms with Gasteiger partial charge >= 0.3 is 0 Å². The van der Waals surface area contributed by atoms with Crippen LogP contribution in [0.3, 0.4) is 0 Å². The maximum absolute atomic E-state index is 13.6. The highest BCUT2D eigenvalue weighted by molar-refractivity contribution is 5.76. The zero-order valence-corrected chi connectivity index (χ0v) is 16.9. The van der Waals surface area contributed by atoms with Gasteiger partial charge in [0.15, 0.2) is 0 Å². The minimum absolute atomic E-state index is 0.0546. The quantitative estimate of drug-likeness (QED) is 0.675. The summed E-state index contributed by atoms with van der Waals surface area (Å²) in [5, 5.41) is 3.19.